The summed E-state index contributed by atoms with van der Waals surface area (Å²) < 4.78 is 14.4. The molecule has 0 fully saturated rings. The largest absolute Gasteiger partial charge is 1.00 e. The maximum atomic E-state index is 10.4. The Morgan fingerprint density at radius 3 is 1.44 bits per heavy atom. The Hall–Kier alpha value is -4.03. The molecule has 0 aliphatic carbocycles. The molecule has 0 saturated carbocycles. The average molecular weight is 731 g/mol. The van der Waals surface area contributed by atoms with E-state index in [1.165, 1.54) is 39.8 Å². The van der Waals surface area contributed by atoms with Gasteiger partial charge in [0.2, 0.25) is 17.6 Å². The minimum atomic E-state index is 0. The van der Waals surface area contributed by atoms with Gasteiger partial charge in [0.1, 0.15) is 34.5 Å². The Labute approximate surface area is 321 Å². The van der Waals surface area contributed by atoms with E-state index in [0.29, 0.717) is 33.3 Å². The standard InChI is InChI=1S/C7H5ClN2O.C7H6ClNO2.C7H6N2O.C6H3ClN2.CH3O.4CH4.Na/c1-11-7-5(4-9)6(8)2-3-10-7;1-11-7-5(4-10)6(8)2-3-9-7;1-10-7-6(5-8)3-2-4-9-7;7-6-5(4-8)2-1-3-9-6;1-2;;;;;/h2-3H,1H3;2-4H,1H3;2-4H,1H3;1-3H;1H3;4*1H4;/q;;;;-1;;;;;+1. The predicted octanol–water partition coefficient (Wildman–Crippen LogP) is 4.26. The summed E-state index contributed by atoms with van der Waals surface area (Å²) >= 11 is 16.8. The number of nitrogens with zero attached hydrogens (tertiary/aromatic N) is 7. The van der Waals surface area contributed by atoms with Crippen molar-refractivity contribution in [3.63, 3.8) is 0 Å². The molecule has 0 saturated heterocycles. The Kier molecular flexibility index (Phi) is 40.3. The Morgan fingerprint density at radius 2 is 1.08 bits per heavy atom. The Balaban J connectivity index is -0.000000117. The van der Waals surface area contributed by atoms with E-state index in [2.05, 4.69) is 19.9 Å². The number of aromatic nitrogens is 4. The second-order valence-electron chi connectivity index (χ2n) is 6.75. The molecule has 0 atom stereocenters. The minimum absolute atomic E-state index is 0. The first-order chi connectivity index (χ1) is 20.8. The Bertz CT molecular complexity index is 1580. The summed E-state index contributed by atoms with van der Waals surface area (Å²) in [5.41, 5.74) is 1.44. The molecule has 0 aliphatic rings. The normalized spacial score (nSPS) is 7.60. The van der Waals surface area contributed by atoms with Gasteiger partial charge in [0, 0.05) is 24.8 Å². The van der Waals surface area contributed by atoms with Crippen molar-refractivity contribution in [2.45, 2.75) is 29.7 Å². The first-order valence-electron chi connectivity index (χ1n) is 11.3. The second-order valence-corrected chi connectivity index (χ2v) is 7.92. The zero-order chi connectivity index (χ0) is 32.6. The van der Waals surface area contributed by atoms with Crippen LogP contribution in [0.25, 0.3) is 0 Å². The van der Waals surface area contributed by atoms with Crippen molar-refractivity contribution in [1.29, 1.82) is 15.8 Å². The number of methoxy groups -OCH3 is 3. The zero-order valence-electron chi connectivity index (χ0n) is 24.2. The third-order valence-electron chi connectivity index (χ3n) is 4.35. The number of carbonyl (C=O) groups excluding carboxylic acids is 1. The van der Waals surface area contributed by atoms with Crippen LogP contribution in [0.2, 0.25) is 15.2 Å². The van der Waals surface area contributed by atoms with Crippen LogP contribution in [0.1, 0.15) is 56.8 Å². The number of aldehydes is 1. The molecule has 0 aromatic carbocycles. The van der Waals surface area contributed by atoms with E-state index < -0.39 is 0 Å². The Morgan fingerprint density at radius 1 is 0.646 bits per heavy atom. The van der Waals surface area contributed by atoms with E-state index in [1.807, 2.05) is 18.2 Å². The van der Waals surface area contributed by atoms with E-state index in [-0.39, 0.29) is 87.3 Å². The van der Waals surface area contributed by atoms with E-state index in [0.717, 1.165) is 7.11 Å². The maximum absolute atomic E-state index is 10.4. The van der Waals surface area contributed by atoms with Gasteiger partial charge in [-0.1, -0.05) is 64.5 Å². The number of hydrogen-bond acceptors (Lipinski definition) is 12. The fraction of sp³-hybridized carbons (Fsp3) is 0.250. The molecule has 0 radical (unpaired) electrons. The van der Waals surface area contributed by atoms with E-state index in [1.54, 1.807) is 42.7 Å². The van der Waals surface area contributed by atoms with Crippen molar-refractivity contribution < 1.29 is 53.7 Å². The molecule has 4 heterocycles. The molecule has 0 amide bonds. The number of nitriles is 3. The van der Waals surface area contributed by atoms with Crippen molar-refractivity contribution in [1.82, 2.24) is 19.9 Å². The number of halogens is 3. The summed E-state index contributed by atoms with van der Waals surface area (Å²) in [6.07, 6.45) is 6.72. The van der Waals surface area contributed by atoms with Crippen molar-refractivity contribution >= 4 is 41.1 Å². The van der Waals surface area contributed by atoms with Gasteiger partial charge < -0.3 is 19.3 Å². The smallest absolute Gasteiger partial charge is 0.857 e. The van der Waals surface area contributed by atoms with E-state index >= 15 is 0 Å². The van der Waals surface area contributed by atoms with Gasteiger partial charge in [-0.05, 0) is 36.4 Å². The molecule has 0 N–H and O–H groups in total. The molecule has 16 heteroatoms. The van der Waals surface area contributed by atoms with Crippen molar-refractivity contribution in [3.05, 3.63) is 98.6 Å². The third-order valence-corrected chi connectivity index (χ3v) is 5.29. The molecule has 4 rings (SSSR count). The maximum Gasteiger partial charge on any atom is 1.00 e. The predicted molar refractivity (Wildman–Crippen MR) is 184 cm³/mol. The zero-order valence-corrected chi connectivity index (χ0v) is 28.4. The molecule has 0 bridgehead atoms. The molecule has 0 spiro atoms. The van der Waals surface area contributed by atoms with Gasteiger partial charge in [0.05, 0.1) is 42.5 Å². The molecule has 48 heavy (non-hydrogen) atoms. The van der Waals surface area contributed by atoms with Crippen LogP contribution in [-0.2, 0) is 0 Å². The monoisotopic (exact) mass is 729 g/mol. The first kappa shape index (κ1) is 56.3. The van der Waals surface area contributed by atoms with E-state index in [4.69, 9.17) is 69.9 Å². The van der Waals surface area contributed by atoms with Crippen molar-refractivity contribution in [2.24, 2.45) is 0 Å². The van der Waals surface area contributed by atoms with Crippen LogP contribution in [0.3, 0.4) is 0 Å². The minimum Gasteiger partial charge on any atom is -0.857 e. The summed E-state index contributed by atoms with van der Waals surface area (Å²) in [4.78, 5) is 25.5. The average Bonchev–Trinajstić information content (AvgIpc) is 3.06. The topological polar surface area (TPSA) is 191 Å². The molecule has 4 aromatic heterocycles. The summed E-state index contributed by atoms with van der Waals surface area (Å²) in [5.74, 6) is 0.900. The van der Waals surface area contributed by atoms with Crippen molar-refractivity contribution in [2.75, 3.05) is 28.4 Å². The van der Waals surface area contributed by atoms with Crippen LogP contribution >= 0.6 is 34.8 Å². The van der Waals surface area contributed by atoms with Gasteiger partial charge in [-0.15, -0.1) is 0 Å². The van der Waals surface area contributed by atoms with Gasteiger partial charge in [-0.25, -0.2) is 19.9 Å². The summed E-state index contributed by atoms with van der Waals surface area (Å²) in [6.45, 7) is 0. The van der Waals surface area contributed by atoms with Crippen LogP contribution in [-0.4, -0.2) is 54.7 Å². The molecular weight excluding hydrogens is 692 g/mol. The molecule has 254 valence electrons. The van der Waals surface area contributed by atoms with Gasteiger partial charge in [-0.3, -0.25) is 4.79 Å². The molecule has 4 aromatic rings. The first-order valence-corrected chi connectivity index (χ1v) is 12.5. The number of pyridine rings is 4. The summed E-state index contributed by atoms with van der Waals surface area (Å²) in [7, 11) is 5.12. The van der Waals surface area contributed by atoms with Crippen LogP contribution in [0.4, 0.5) is 0 Å². The summed E-state index contributed by atoms with van der Waals surface area (Å²) in [5, 5.41) is 34.6. The quantitative estimate of drug-likeness (QED) is 0.165. The fourth-order valence-electron chi connectivity index (χ4n) is 2.49. The van der Waals surface area contributed by atoms with Gasteiger partial charge in [-0.2, -0.15) is 22.9 Å². The number of rotatable bonds is 4. The van der Waals surface area contributed by atoms with Crippen LogP contribution in [0.5, 0.6) is 17.6 Å². The number of carbonyl (C=O) groups is 1. The summed E-state index contributed by atoms with van der Waals surface area (Å²) in [6, 6.07) is 15.5. The van der Waals surface area contributed by atoms with Gasteiger partial charge in [0.15, 0.2) is 6.29 Å². The van der Waals surface area contributed by atoms with Crippen molar-refractivity contribution in [3.8, 4) is 35.8 Å². The SMILES string of the molecule is C.C.C.C.COc1nccc(Cl)c1C#N.COc1nccc(Cl)c1C=O.COc1ncccc1C#N.C[O-].N#Cc1cccnc1Cl.[Na+]. The molecule has 12 nitrogen and oxygen atoms in total. The molecular formula is C32H39Cl3N7NaO5. The number of hydrogen-bond donors (Lipinski definition) is 0. The van der Waals surface area contributed by atoms with Crippen LogP contribution in [0, 0.1) is 34.0 Å². The second kappa shape index (κ2) is 34.3. The molecule has 0 aliphatic heterocycles. The third kappa shape index (κ3) is 19.6. The van der Waals surface area contributed by atoms with Crippen LogP contribution in [0.15, 0.2) is 61.2 Å². The number of ether oxygens (including phenoxy) is 3. The van der Waals surface area contributed by atoms with Crippen LogP contribution < -0.4 is 48.9 Å². The fourth-order valence-corrected chi connectivity index (χ4v) is 3.01. The molecule has 0 unspecified atom stereocenters. The van der Waals surface area contributed by atoms with Gasteiger partial charge in [0.25, 0.3) is 0 Å². The van der Waals surface area contributed by atoms with Gasteiger partial charge >= 0.3 is 29.6 Å². The van der Waals surface area contributed by atoms with E-state index in [9.17, 15) is 4.79 Å².